The topological polar surface area (TPSA) is 120 Å². The molecule has 0 aromatic carbocycles. The molecule has 0 radical (unpaired) electrons. The molecular weight excluding hydrogens is 499 g/mol. The third-order valence-electron chi connectivity index (χ3n) is 3.89. The predicted octanol–water partition coefficient (Wildman–Crippen LogP) is 0.230. The van der Waals surface area contributed by atoms with Gasteiger partial charge >= 0.3 is 0 Å². The zero-order chi connectivity index (χ0) is 20.1. The molecule has 28 heavy (non-hydrogen) atoms. The highest BCUT2D eigenvalue weighted by molar-refractivity contribution is 14.0. The number of nitrogens with zero attached hydrogens (tertiary/aromatic N) is 4. The summed E-state index contributed by atoms with van der Waals surface area (Å²) >= 11 is 0. The van der Waals surface area contributed by atoms with Crippen molar-refractivity contribution in [3.8, 4) is 0 Å². The molecule has 2 rings (SSSR count). The van der Waals surface area contributed by atoms with Crippen molar-refractivity contribution in [3.05, 3.63) is 18.0 Å². The molecule has 1 saturated heterocycles. The van der Waals surface area contributed by atoms with Gasteiger partial charge in [-0.05, 0) is 20.8 Å². The van der Waals surface area contributed by atoms with Crippen molar-refractivity contribution in [3.63, 3.8) is 0 Å². The number of nitrogens with one attached hydrogen (secondary N) is 2. The van der Waals surface area contributed by atoms with Crippen molar-refractivity contribution in [2.24, 2.45) is 4.99 Å². The molecule has 0 bridgehead atoms. The first-order valence-electron chi connectivity index (χ1n) is 8.74. The van der Waals surface area contributed by atoms with Crippen molar-refractivity contribution in [2.75, 3.05) is 39.8 Å². The maximum atomic E-state index is 12.5. The van der Waals surface area contributed by atoms with Gasteiger partial charge in [-0.3, -0.25) is 9.79 Å². The average molecular weight is 528 g/mol. The Morgan fingerprint density at radius 1 is 1.29 bits per heavy atom. The highest BCUT2D eigenvalue weighted by Gasteiger charge is 2.29. The molecule has 1 fully saturated rings. The number of amides is 1. The van der Waals surface area contributed by atoms with E-state index in [2.05, 4.69) is 25.3 Å². The van der Waals surface area contributed by atoms with Gasteiger partial charge in [-0.1, -0.05) is 5.16 Å². The van der Waals surface area contributed by atoms with E-state index in [-0.39, 0.29) is 47.7 Å². The molecule has 0 unspecified atom stereocenters. The van der Waals surface area contributed by atoms with Crippen LogP contribution in [0.4, 0.5) is 0 Å². The average Bonchev–Trinajstić information content (AvgIpc) is 3.06. The number of hydrogen-bond acceptors (Lipinski definition) is 6. The molecule has 12 heteroatoms. The number of carbonyl (C=O) groups is 1. The molecule has 2 heterocycles. The van der Waals surface area contributed by atoms with Gasteiger partial charge in [0.1, 0.15) is 12.0 Å². The Morgan fingerprint density at radius 3 is 2.43 bits per heavy atom. The van der Waals surface area contributed by atoms with E-state index in [4.69, 9.17) is 0 Å². The van der Waals surface area contributed by atoms with Gasteiger partial charge in [-0.2, -0.15) is 4.31 Å². The van der Waals surface area contributed by atoms with Gasteiger partial charge in [0.05, 0.1) is 12.2 Å². The normalized spacial score (nSPS) is 16.4. The van der Waals surface area contributed by atoms with Crippen LogP contribution in [-0.2, 0) is 20.6 Å². The molecule has 1 aromatic rings. The lowest BCUT2D eigenvalue weighted by atomic mass is 10.1. The fourth-order valence-corrected chi connectivity index (χ4v) is 4.15. The van der Waals surface area contributed by atoms with Gasteiger partial charge in [0.15, 0.2) is 5.96 Å². The molecule has 10 nitrogen and oxygen atoms in total. The van der Waals surface area contributed by atoms with Crippen molar-refractivity contribution in [1.82, 2.24) is 25.0 Å². The minimum absolute atomic E-state index is 0. The molecule has 0 aliphatic carbocycles. The Labute approximate surface area is 183 Å². The second-order valence-electron chi connectivity index (χ2n) is 7.33. The summed E-state index contributed by atoms with van der Waals surface area (Å²) in [5.41, 5.74) is 0.0892. The van der Waals surface area contributed by atoms with Crippen molar-refractivity contribution < 1.29 is 17.7 Å². The van der Waals surface area contributed by atoms with E-state index in [0.717, 1.165) is 0 Å². The summed E-state index contributed by atoms with van der Waals surface area (Å²) in [5.74, 6) is 0.272. The van der Waals surface area contributed by atoms with Crippen LogP contribution in [0.1, 0.15) is 26.5 Å². The summed E-state index contributed by atoms with van der Waals surface area (Å²) in [6.07, 6.45) is 1.36. The molecule has 0 spiro atoms. The van der Waals surface area contributed by atoms with Crippen LogP contribution in [-0.4, -0.2) is 80.0 Å². The summed E-state index contributed by atoms with van der Waals surface area (Å²) in [6, 6.07) is 1.54. The Balaban J connectivity index is 0.00000392. The van der Waals surface area contributed by atoms with Gasteiger partial charge in [0, 0.05) is 44.8 Å². The number of aromatic nitrogens is 1. The lowest BCUT2D eigenvalue weighted by Gasteiger charge is -2.35. The van der Waals surface area contributed by atoms with Gasteiger partial charge in [-0.25, -0.2) is 8.42 Å². The number of aliphatic imine (C=N–C) groups is 1. The van der Waals surface area contributed by atoms with E-state index in [0.29, 0.717) is 37.8 Å². The molecule has 1 amide bonds. The number of piperazine rings is 1. The highest BCUT2D eigenvalue weighted by Crippen LogP contribution is 2.12. The molecule has 1 aliphatic rings. The van der Waals surface area contributed by atoms with E-state index >= 15 is 0 Å². The number of carbonyl (C=O) groups excluding carboxylic acids is 1. The highest BCUT2D eigenvalue weighted by atomic mass is 127. The second kappa shape index (κ2) is 10.4. The zero-order valence-corrected chi connectivity index (χ0v) is 19.8. The Bertz CT molecular complexity index is 753. The number of guanidine groups is 1. The lowest BCUT2D eigenvalue weighted by molar-refractivity contribution is -0.121. The molecule has 2 N–H and O–H groups in total. The summed E-state index contributed by atoms with van der Waals surface area (Å²) < 4.78 is 31.1. The summed E-state index contributed by atoms with van der Waals surface area (Å²) in [6.45, 7) is 7.51. The maximum absolute atomic E-state index is 12.5. The molecule has 160 valence electrons. The number of halogens is 1. The van der Waals surface area contributed by atoms with Gasteiger partial charge in [-0.15, -0.1) is 24.0 Å². The van der Waals surface area contributed by atoms with Gasteiger partial charge in [0.25, 0.3) is 0 Å². The Kier molecular flexibility index (Phi) is 9.14. The summed E-state index contributed by atoms with van der Waals surface area (Å²) in [5, 5.41) is 9.56. The van der Waals surface area contributed by atoms with Crippen molar-refractivity contribution >= 4 is 45.9 Å². The number of hydrogen-bond donors (Lipinski definition) is 2. The lowest BCUT2D eigenvalue weighted by Crippen LogP contribution is -2.55. The second-order valence-corrected chi connectivity index (χ2v) is 9.30. The molecule has 0 saturated carbocycles. The third kappa shape index (κ3) is 7.54. The van der Waals surface area contributed by atoms with E-state index < -0.39 is 10.0 Å². The van der Waals surface area contributed by atoms with Crippen LogP contribution in [0.5, 0.6) is 0 Å². The van der Waals surface area contributed by atoms with Crippen LogP contribution < -0.4 is 10.6 Å². The van der Waals surface area contributed by atoms with E-state index in [1.54, 1.807) is 13.1 Å². The van der Waals surface area contributed by atoms with Crippen LogP contribution in [0, 0.1) is 0 Å². The summed E-state index contributed by atoms with van der Waals surface area (Å²) in [7, 11) is -1.81. The van der Waals surface area contributed by atoms with Crippen molar-refractivity contribution in [1.29, 1.82) is 0 Å². The fraction of sp³-hybridized carbons (Fsp3) is 0.688. The predicted molar refractivity (Wildman–Crippen MR) is 117 cm³/mol. The van der Waals surface area contributed by atoms with Crippen LogP contribution in [0.2, 0.25) is 0 Å². The van der Waals surface area contributed by atoms with E-state index in [1.165, 1.54) is 10.6 Å². The molecule has 1 aliphatic heterocycles. The maximum Gasteiger partial charge on any atom is 0.239 e. The monoisotopic (exact) mass is 528 g/mol. The van der Waals surface area contributed by atoms with Crippen LogP contribution in [0.3, 0.4) is 0 Å². The first-order chi connectivity index (χ1) is 12.6. The Morgan fingerprint density at radius 2 is 1.93 bits per heavy atom. The molecule has 1 aromatic heterocycles. The van der Waals surface area contributed by atoms with E-state index in [1.807, 2.05) is 25.7 Å². The number of rotatable bonds is 5. The third-order valence-corrected chi connectivity index (χ3v) is 5.70. The first kappa shape index (κ1) is 24.6. The smallest absolute Gasteiger partial charge is 0.239 e. The molecular formula is C16H29IN6O4S. The first-order valence-corrected chi connectivity index (χ1v) is 10.4. The van der Waals surface area contributed by atoms with Gasteiger partial charge in [0.2, 0.25) is 15.9 Å². The van der Waals surface area contributed by atoms with Gasteiger partial charge < -0.3 is 20.1 Å². The Hall–Kier alpha value is -1.41. The zero-order valence-electron chi connectivity index (χ0n) is 16.6. The van der Waals surface area contributed by atoms with E-state index in [9.17, 15) is 13.2 Å². The van der Waals surface area contributed by atoms with Crippen LogP contribution >= 0.6 is 24.0 Å². The standard InChI is InChI=1S/C16H28N6O4S.HI/c1-16(2,3)19-14(23)11-18-15(17-4)21-6-8-22(9-7-21)27(24,25)12-13-5-10-26-20-13;/h5,10H,6-9,11-12H2,1-4H3,(H,17,18)(H,19,23);1H. The van der Waals surface area contributed by atoms with Crippen molar-refractivity contribution in [2.45, 2.75) is 32.1 Å². The number of sulfonamides is 1. The fourth-order valence-electron chi connectivity index (χ4n) is 2.72. The largest absolute Gasteiger partial charge is 0.364 e. The minimum atomic E-state index is -3.45. The molecule has 0 atom stereocenters. The van der Waals surface area contributed by atoms with Crippen LogP contribution in [0.25, 0.3) is 0 Å². The quantitative estimate of drug-likeness (QED) is 0.319. The SMILES string of the molecule is CN=C(NCC(=O)NC(C)(C)C)N1CCN(S(=O)(=O)Cc2ccon2)CC1.I. The van der Waals surface area contributed by atoms with Crippen LogP contribution in [0.15, 0.2) is 21.8 Å². The minimum Gasteiger partial charge on any atom is -0.364 e. The summed E-state index contributed by atoms with van der Waals surface area (Å²) in [4.78, 5) is 18.1.